The maximum atomic E-state index is 12.0. The van der Waals surface area contributed by atoms with Crippen molar-refractivity contribution in [2.75, 3.05) is 11.6 Å². The van der Waals surface area contributed by atoms with Gasteiger partial charge in [-0.15, -0.1) is 0 Å². The number of anilines is 1. The number of carbonyl (C=O) groups excluding carboxylic acids is 1. The van der Waals surface area contributed by atoms with Crippen LogP contribution in [0.1, 0.15) is 43.5 Å². The van der Waals surface area contributed by atoms with E-state index in [1.54, 1.807) is 0 Å². The third kappa shape index (κ3) is 5.14. The number of benzene rings is 1. The third-order valence-corrected chi connectivity index (χ3v) is 4.59. The number of carboxylic acids is 1. The van der Waals surface area contributed by atoms with E-state index in [0.29, 0.717) is 6.42 Å². The molecule has 7 heteroatoms. The maximum Gasteiger partial charge on any atom is 0.335 e. The van der Waals surface area contributed by atoms with Gasteiger partial charge in [-0.1, -0.05) is 26.7 Å². The minimum atomic E-state index is -3.56. The van der Waals surface area contributed by atoms with Crippen LogP contribution in [0.5, 0.6) is 0 Å². The van der Waals surface area contributed by atoms with Gasteiger partial charge in [-0.2, -0.15) is 0 Å². The van der Waals surface area contributed by atoms with Gasteiger partial charge < -0.3 is 10.4 Å². The van der Waals surface area contributed by atoms with Gasteiger partial charge in [-0.25, -0.2) is 13.2 Å². The first-order valence-corrected chi connectivity index (χ1v) is 8.94. The van der Waals surface area contributed by atoms with Crippen LogP contribution in [-0.2, 0) is 14.6 Å². The Morgan fingerprint density at radius 3 is 2.23 bits per heavy atom. The van der Waals surface area contributed by atoms with Crippen molar-refractivity contribution in [2.45, 2.75) is 38.0 Å². The number of amides is 1. The van der Waals surface area contributed by atoms with E-state index < -0.39 is 15.8 Å². The summed E-state index contributed by atoms with van der Waals surface area (Å²) < 4.78 is 23.2. The van der Waals surface area contributed by atoms with Gasteiger partial charge in [-0.05, 0) is 24.1 Å². The lowest BCUT2D eigenvalue weighted by molar-refractivity contribution is -0.117. The summed E-state index contributed by atoms with van der Waals surface area (Å²) in [6.45, 7) is 3.99. The molecule has 1 aromatic rings. The zero-order chi connectivity index (χ0) is 16.9. The average Bonchev–Trinajstić information content (AvgIpc) is 2.43. The molecule has 0 spiro atoms. The fourth-order valence-corrected chi connectivity index (χ4v) is 2.74. The second-order valence-electron chi connectivity index (χ2n) is 5.26. The molecule has 0 aliphatic rings. The fourth-order valence-electron chi connectivity index (χ4n) is 2.06. The van der Waals surface area contributed by atoms with E-state index in [0.717, 1.165) is 25.2 Å². The van der Waals surface area contributed by atoms with Gasteiger partial charge in [-0.3, -0.25) is 4.79 Å². The molecule has 0 heterocycles. The highest BCUT2D eigenvalue weighted by molar-refractivity contribution is 7.90. The van der Waals surface area contributed by atoms with Crippen molar-refractivity contribution < 1.29 is 23.1 Å². The number of carboxylic acid groups (broad SMARTS) is 1. The Bertz CT molecular complexity index is 663. The predicted octanol–water partition coefficient (Wildman–Crippen LogP) is 2.55. The number of sulfone groups is 1. The predicted molar refractivity (Wildman–Crippen MR) is 83.8 cm³/mol. The maximum absolute atomic E-state index is 12.0. The van der Waals surface area contributed by atoms with Crippen LogP contribution >= 0.6 is 0 Å². The van der Waals surface area contributed by atoms with Gasteiger partial charge in [0.25, 0.3) is 0 Å². The second-order valence-corrected chi connectivity index (χ2v) is 7.27. The molecule has 0 unspecified atom stereocenters. The van der Waals surface area contributed by atoms with E-state index >= 15 is 0 Å². The van der Waals surface area contributed by atoms with Crippen molar-refractivity contribution in [2.24, 2.45) is 5.92 Å². The zero-order valence-corrected chi connectivity index (χ0v) is 13.7. The first-order chi connectivity index (χ1) is 10.2. The Labute approximate surface area is 130 Å². The van der Waals surface area contributed by atoms with Crippen LogP contribution in [0.2, 0.25) is 0 Å². The normalized spacial score (nSPS) is 11.5. The second kappa shape index (κ2) is 7.40. The number of hydrogen-bond acceptors (Lipinski definition) is 4. The third-order valence-electron chi connectivity index (χ3n) is 3.49. The topological polar surface area (TPSA) is 101 Å². The molecule has 0 saturated heterocycles. The van der Waals surface area contributed by atoms with E-state index in [-0.39, 0.29) is 28.0 Å². The molecule has 1 amide bonds. The Balaban J connectivity index is 3.06. The molecule has 22 heavy (non-hydrogen) atoms. The van der Waals surface area contributed by atoms with E-state index in [2.05, 4.69) is 5.32 Å². The highest BCUT2D eigenvalue weighted by Crippen LogP contribution is 2.20. The molecule has 1 rings (SSSR count). The molecule has 0 atom stereocenters. The summed E-state index contributed by atoms with van der Waals surface area (Å²) in [7, 11) is -3.56. The molecule has 1 aromatic carbocycles. The summed E-state index contributed by atoms with van der Waals surface area (Å²) >= 11 is 0. The van der Waals surface area contributed by atoms with Gasteiger partial charge in [0.1, 0.15) is 0 Å². The first-order valence-electron chi connectivity index (χ1n) is 7.05. The summed E-state index contributed by atoms with van der Waals surface area (Å²) in [5.41, 5.74) is -0.00274. The highest BCUT2D eigenvalue weighted by atomic mass is 32.2. The molecule has 0 aromatic heterocycles. The molecule has 0 saturated carbocycles. The van der Waals surface area contributed by atoms with Crippen LogP contribution in [-0.4, -0.2) is 31.7 Å². The summed E-state index contributed by atoms with van der Waals surface area (Å²) in [6.07, 6.45) is 3.05. The van der Waals surface area contributed by atoms with Crippen LogP contribution in [0.3, 0.4) is 0 Å². The van der Waals surface area contributed by atoms with Crippen molar-refractivity contribution in [3.8, 4) is 0 Å². The lowest BCUT2D eigenvalue weighted by Crippen LogP contribution is -2.16. The van der Waals surface area contributed by atoms with Gasteiger partial charge in [0, 0.05) is 18.4 Å². The van der Waals surface area contributed by atoms with E-state index in [1.165, 1.54) is 12.1 Å². The summed E-state index contributed by atoms with van der Waals surface area (Å²) in [5, 5.41) is 11.6. The molecule has 6 nitrogen and oxygen atoms in total. The van der Waals surface area contributed by atoms with Crippen LogP contribution in [0.4, 0.5) is 5.69 Å². The zero-order valence-electron chi connectivity index (χ0n) is 12.9. The number of carbonyl (C=O) groups is 2. The van der Waals surface area contributed by atoms with Crippen molar-refractivity contribution >= 4 is 27.4 Å². The molecular formula is C15H21NO5S. The summed E-state index contributed by atoms with van der Waals surface area (Å²) in [6, 6.07) is 3.60. The minimum absolute atomic E-state index is 0.134. The summed E-state index contributed by atoms with van der Waals surface area (Å²) in [4.78, 5) is 22.9. The Kier molecular flexibility index (Phi) is 6.11. The van der Waals surface area contributed by atoms with Crippen LogP contribution < -0.4 is 5.32 Å². The molecule has 122 valence electrons. The molecule has 0 fully saturated rings. The molecule has 0 aliphatic carbocycles. The van der Waals surface area contributed by atoms with Crippen LogP contribution in [0, 0.1) is 5.92 Å². The Morgan fingerprint density at radius 2 is 1.77 bits per heavy atom. The van der Waals surface area contributed by atoms with Crippen LogP contribution in [0.15, 0.2) is 23.1 Å². The highest BCUT2D eigenvalue weighted by Gasteiger charge is 2.16. The minimum Gasteiger partial charge on any atom is -0.478 e. The molecule has 0 bridgehead atoms. The average molecular weight is 327 g/mol. The number of nitrogens with one attached hydrogen (secondary N) is 1. The van der Waals surface area contributed by atoms with Gasteiger partial charge in [0.05, 0.1) is 10.5 Å². The van der Waals surface area contributed by atoms with Crippen LogP contribution in [0.25, 0.3) is 0 Å². The van der Waals surface area contributed by atoms with Gasteiger partial charge in [0.15, 0.2) is 9.84 Å². The molecule has 0 radical (unpaired) electrons. The van der Waals surface area contributed by atoms with E-state index in [4.69, 9.17) is 5.11 Å². The lowest BCUT2D eigenvalue weighted by Gasteiger charge is -2.13. The van der Waals surface area contributed by atoms with Gasteiger partial charge in [0.2, 0.25) is 5.91 Å². The standard InChI is InChI=1S/C15H21NO5S/c1-4-10(5-2)6-14(17)16-12-7-11(15(18)19)8-13(9-12)22(3,20)21/h7-10H,4-6H2,1-3H3,(H,16,17)(H,18,19). The lowest BCUT2D eigenvalue weighted by atomic mass is 9.99. The molecule has 0 aliphatic heterocycles. The van der Waals surface area contributed by atoms with Gasteiger partial charge >= 0.3 is 5.97 Å². The monoisotopic (exact) mass is 327 g/mol. The van der Waals surface area contributed by atoms with Crippen molar-refractivity contribution in [1.29, 1.82) is 0 Å². The Hall–Kier alpha value is -1.89. The summed E-state index contributed by atoms with van der Waals surface area (Å²) in [5.74, 6) is -1.26. The first kappa shape index (κ1) is 18.2. The molecular weight excluding hydrogens is 306 g/mol. The van der Waals surface area contributed by atoms with E-state index in [9.17, 15) is 18.0 Å². The molecule has 2 N–H and O–H groups in total. The quantitative estimate of drug-likeness (QED) is 0.801. The fraction of sp³-hybridized carbons (Fsp3) is 0.467. The number of hydrogen-bond donors (Lipinski definition) is 2. The van der Waals surface area contributed by atoms with Crippen molar-refractivity contribution in [1.82, 2.24) is 0 Å². The SMILES string of the molecule is CCC(CC)CC(=O)Nc1cc(C(=O)O)cc(S(C)(=O)=O)c1. The largest absolute Gasteiger partial charge is 0.478 e. The van der Waals surface area contributed by atoms with Crippen molar-refractivity contribution in [3.05, 3.63) is 23.8 Å². The van der Waals surface area contributed by atoms with Crippen molar-refractivity contribution in [3.63, 3.8) is 0 Å². The smallest absolute Gasteiger partial charge is 0.335 e. The Morgan fingerprint density at radius 1 is 1.18 bits per heavy atom. The number of rotatable bonds is 7. The number of aromatic carboxylic acids is 1. The van der Waals surface area contributed by atoms with E-state index in [1.807, 2.05) is 13.8 Å².